The number of hydrogen-bond acceptors (Lipinski definition) is 16. The standard InChI is InChI=1S/C48H60N7O18P3S2/c1-6-53-36-20-18-32(77(65,66)67)24-34(36)47(2,3)40(53)15-9-7-10-16-41-48(4,5)35-25-33(78(68,69)70)19-21-37(35)54(41)23-12-8-11-17-42(57)50-22-13-14-31-27-55(46-44(31)45(49)51-29-52-46)43-26-38(56)39(72-43)28-71-76(63,64)73-75(61,62)30-74(58,59)60/h7,9-10,15-16,18-21,24-25,27,29,38-39,43,56H,6,8,11-12,17,22-23,26,28,30H2,1-5H3,(H8-,49,50,51,52,57,58,59,60,61,62,63,64,65,66,67,68,69,70)/p+1/t38-,39+,43+/m0/s1. The second-order valence-electron chi connectivity index (χ2n) is 19.7. The molecule has 3 aliphatic rings. The summed E-state index contributed by atoms with van der Waals surface area (Å²) in [5.74, 6) is 3.91. The third kappa shape index (κ3) is 13.8. The molecule has 30 heteroatoms. The number of carbonyl (C=O) groups excluding carboxylic acids is 1. The van der Waals surface area contributed by atoms with E-state index in [1.54, 1.807) is 12.1 Å². The molecule has 10 N–H and O–H groups in total. The van der Waals surface area contributed by atoms with Crippen LogP contribution in [0.2, 0.25) is 0 Å². The van der Waals surface area contributed by atoms with Crippen molar-refractivity contribution in [3.63, 3.8) is 0 Å². The number of nitrogens with two attached hydrogens (primary N) is 1. The Morgan fingerprint density at radius 2 is 1.63 bits per heavy atom. The number of nitrogens with one attached hydrogen (secondary N) is 1. The molecule has 422 valence electrons. The molecular weight excluding hydrogens is 1120 g/mol. The normalized spacial score (nSPS) is 21.3. The number of aliphatic hydroxyl groups excluding tert-OH is 1. The predicted molar refractivity (Wildman–Crippen MR) is 286 cm³/mol. The van der Waals surface area contributed by atoms with E-state index in [9.17, 15) is 59.3 Å². The number of allylic oxidation sites excluding steroid dienone is 6. The minimum absolute atomic E-state index is 0.0447. The van der Waals surface area contributed by atoms with Crippen LogP contribution in [0, 0.1) is 11.8 Å². The molecule has 0 saturated carbocycles. The summed E-state index contributed by atoms with van der Waals surface area (Å²) in [5, 5.41) is 13.8. The Kier molecular flexibility index (Phi) is 17.9. The Morgan fingerprint density at radius 3 is 2.29 bits per heavy atom. The van der Waals surface area contributed by atoms with E-state index in [1.165, 1.54) is 41.4 Å². The molecule has 5 heterocycles. The number of amides is 1. The molecule has 4 aromatic rings. The third-order valence-corrected chi connectivity index (χ3v) is 20.3. The average molecular weight is 1180 g/mol. The fourth-order valence-corrected chi connectivity index (χ4v) is 15.1. The summed E-state index contributed by atoms with van der Waals surface area (Å²) in [7, 11) is -24.7. The van der Waals surface area contributed by atoms with Gasteiger partial charge in [-0.15, -0.1) is 0 Å². The number of nitrogen functional groups attached to an aromatic ring is 1. The molecule has 0 aliphatic carbocycles. The fraction of sp³-hybridized carbons (Fsp3) is 0.417. The van der Waals surface area contributed by atoms with E-state index in [-0.39, 0.29) is 46.5 Å². The minimum atomic E-state index is -5.37. The van der Waals surface area contributed by atoms with Gasteiger partial charge in [-0.3, -0.25) is 27.6 Å². The number of nitrogens with zero attached hydrogens (tertiary/aromatic N) is 5. The van der Waals surface area contributed by atoms with Crippen LogP contribution in [0.4, 0.5) is 17.2 Å². The zero-order valence-electron chi connectivity index (χ0n) is 42.9. The Hall–Kier alpha value is -5.23. The number of aromatic nitrogens is 3. The van der Waals surface area contributed by atoms with Gasteiger partial charge in [0.2, 0.25) is 11.6 Å². The predicted octanol–water partition coefficient (Wildman–Crippen LogP) is 5.53. The molecule has 78 heavy (non-hydrogen) atoms. The molecular formula is C48H61N7O18P3S2+. The molecule has 5 atom stereocenters. The maximum atomic E-state index is 13.0. The molecule has 0 spiro atoms. The van der Waals surface area contributed by atoms with Gasteiger partial charge in [-0.1, -0.05) is 43.9 Å². The van der Waals surface area contributed by atoms with E-state index in [1.807, 2.05) is 65.0 Å². The summed E-state index contributed by atoms with van der Waals surface area (Å²) in [6.07, 6.45) is 10.6. The Morgan fingerprint density at radius 1 is 0.949 bits per heavy atom. The molecule has 7 rings (SSSR count). The van der Waals surface area contributed by atoms with Crippen LogP contribution in [0.15, 0.2) is 94.8 Å². The highest BCUT2D eigenvalue weighted by molar-refractivity contribution is 7.86. The zero-order valence-corrected chi connectivity index (χ0v) is 47.2. The lowest BCUT2D eigenvalue weighted by Crippen LogP contribution is -2.28. The number of likely N-dealkylation sites (N-methyl/N-ethyl adjacent to an activating group) is 1. The van der Waals surface area contributed by atoms with Crippen LogP contribution in [-0.2, 0) is 63.1 Å². The first-order valence-electron chi connectivity index (χ1n) is 24.2. The van der Waals surface area contributed by atoms with Gasteiger partial charge in [0.25, 0.3) is 20.2 Å². The largest absolute Gasteiger partial charge is 0.479 e. The summed E-state index contributed by atoms with van der Waals surface area (Å²) in [5.41, 5.74) is 10.4. The number of hydrogen-bond donors (Lipinski definition) is 9. The van der Waals surface area contributed by atoms with Gasteiger partial charge in [0.1, 0.15) is 36.7 Å². The van der Waals surface area contributed by atoms with E-state index in [0.29, 0.717) is 48.9 Å². The molecule has 2 unspecified atom stereocenters. The Balaban J connectivity index is 0.966. The van der Waals surface area contributed by atoms with Crippen LogP contribution < -0.4 is 16.0 Å². The van der Waals surface area contributed by atoms with Crippen LogP contribution in [0.3, 0.4) is 0 Å². The van der Waals surface area contributed by atoms with Crippen LogP contribution in [0.1, 0.15) is 89.6 Å². The molecule has 1 saturated heterocycles. The molecule has 3 aliphatic heterocycles. The maximum Gasteiger partial charge on any atom is 0.479 e. The number of unbranched alkanes of at least 4 members (excludes halogenated alkanes) is 2. The quantitative estimate of drug-likeness (QED) is 0.0124. The fourth-order valence-electron chi connectivity index (χ4n) is 9.74. The second-order valence-corrected chi connectivity index (χ2v) is 28.1. The van der Waals surface area contributed by atoms with E-state index in [4.69, 9.17) is 24.8 Å². The van der Waals surface area contributed by atoms with Crippen molar-refractivity contribution in [3.8, 4) is 11.8 Å². The number of phosphoric acid groups is 1. The Bertz CT molecular complexity index is 3600. The lowest BCUT2D eigenvalue weighted by atomic mass is 9.81. The van der Waals surface area contributed by atoms with E-state index in [0.717, 1.165) is 28.3 Å². The minimum Gasteiger partial charge on any atom is -0.390 e. The summed E-state index contributed by atoms with van der Waals surface area (Å²) < 4.78 is 122. The van der Waals surface area contributed by atoms with Crippen molar-refractivity contribution in [2.75, 3.05) is 42.8 Å². The van der Waals surface area contributed by atoms with Gasteiger partial charge >= 0.3 is 23.0 Å². The molecule has 1 amide bonds. The molecule has 2 aromatic heterocycles. The highest BCUT2D eigenvalue weighted by atomic mass is 32.2. The first-order chi connectivity index (χ1) is 36.2. The molecule has 1 fully saturated rings. The van der Waals surface area contributed by atoms with Crippen LogP contribution in [-0.4, -0.2) is 126 Å². The van der Waals surface area contributed by atoms with Gasteiger partial charge in [-0.25, -0.2) is 18.8 Å². The first kappa shape index (κ1) is 60.4. The van der Waals surface area contributed by atoms with Gasteiger partial charge in [-0.2, -0.15) is 21.4 Å². The van der Waals surface area contributed by atoms with E-state index in [2.05, 4.69) is 40.9 Å². The summed E-state index contributed by atoms with van der Waals surface area (Å²) in [6, 6.07) is 9.08. The lowest BCUT2D eigenvalue weighted by molar-refractivity contribution is -0.438. The van der Waals surface area contributed by atoms with Crippen molar-refractivity contribution >= 4 is 83.1 Å². The monoisotopic (exact) mass is 1180 g/mol. The van der Waals surface area contributed by atoms with Gasteiger partial charge in [0.15, 0.2) is 11.6 Å². The Labute approximate surface area is 450 Å². The molecule has 25 nitrogen and oxygen atoms in total. The topological polar surface area (TPSA) is 381 Å². The van der Waals surface area contributed by atoms with Crippen molar-refractivity contribution in [1.29, 1.82) is 0 Å². The van der Waals surface area contributed by atoms with Crippen molar-refractivity contribution in [1.82, 2.24) is 19.9 Å². The van der Waals surface area contributed by atoms with Crippen molar-refractivity contribution < 1.29 is 87.3 Å². The number of carbonyl (C=O) groups is 1. The number of aliphatic hydroxyl groups is 1. The van der Waals surface area contributed by atoms with Crippen LogP contribution in [0.5, 0.6) is 0 Å². The van der Waals surface area contributed by atoms with Gasteiger partial charge < -0.3 is 49.9 Å². The van der Waals surface area contributed by atoms with Crippen LogP contribution in [0.25, 0.3) is 11.0 Å². The number of anilines is 2. The maximum absolute atomic E-state index is 13.0. The molecule has 2 aromatic carbocycles. The SMILES string of the molecule is CCN1/C(=C/C=C/C=C/C2=[N+](CCCCCC(=O)NCC#Cc3cn([C@H]4C[C@H](O)[C@@H](COP(=O)(O)OP(=O)(O)CP(=O)(O)O)O4)c4ncnc(N)c34)c3ccc(S(=O)(=O)O)cc3C2(C)C)C(C)(C)c2cc(S(=O)(=O)O)ccc21. The molecule has 0 bridgehead atoms. The van der Waals surface area contributed by atoms with Gasteiger partial charge in [0, 0.05) is 66.5 Å². The highest BCUT2D eigenvalue weighted by Crippen LogP contribution is 2.65. The highest BCUT2D eigenvalue weighted by Gasteiger charge is 2.46. The van der Waals surface area contributed by atoms with Crippen LogP contribution >= 0.6 is 23.0 Å². The summed E-state index contributed by atoms with van der Waals surface area (Å²) in [6.45, 7) is 10.1. The first-order valence-corrected chi connectivity index (χ1v) is 32.1. The number of phosphoric ester groups is 1. The van der Waals surface area contributed by atoms with Crippen molar-refractivity contribution in [2.24, 2.45) is 0 Å². The van der Waals surface area contributed by atoms with E-state index >= 15 is 0 Å². The summed E-state index contributed by atoms with van der Waals surface area (Å²) in [4.78, 5) is 60.5. The van der Waals surface area contributed by atoms with Gasteiger partial charge in [-0.05, 0) is 75.6 Å². The number of ether oxygens (including phenoxy) is 1. The number of rotatable bonds is 21. The van der Waals surface area contributed by atoms with E-state index < -0.39 is 85.0 Å². The third-order valence-electron chi connectivity index (χ3n) is 13.4. The second kappa shape index (κ2) is 23.1. The number of benzene rings is 2. The lowest BCUT2D eigenvalue weighted by Gasteiger charge is -2.25. The van der Waals surface area contributed by atoms with Crippen molar-refractivity contribution in [2.45, 2.75) is 106 Å². The summed E-state index contributed by atoms with van der Waals surface area (Å²) >= 11 is 0. The molecule has 0 radical (unpaired) electrons. The zero-order chi connectivity index (χ0) is 57.4. The van der Waals surface area contributed by atoms with Crippen molar-refractivity contribution in [3.05, 3.63) is 102 Å². The smallest absolute Gasteiger partial charge is 0.390 e. The number of fused-ring (bicyclic) bond motifs is 3. The van der Waals surface area contributed by atoms with Gasteiger partial charge in [0.05, 0.1) is 45.4 Å². The average Bonchev–Trinajstić information content (AvgIpc) is 4.05.